The van der Waals surface area contributed by atoms with Gasteiger partial charge in [0, 0.05) is 19.4 Å². The highest BCUT2D eigenvalue weighted by Crippen LogP contribution is 2.63. The van der Waals surface area contributed by atoms with E-state index in [-0.39, 0.29) is 39.2 Å². The number of likely N-dealkylation sites (N-methyl/N-ethyl adjacent to an activating group) is 1. The van der Waals surface area contributed by atoms with Crippen LogP contribution in [0.15, 0.2) is 0 Å². The van der Waals surface area contributed by atoms with E-state index in [0.717, 1.165) is 38.5 Å². The average molecular weight is 858 g/mol. The second-order valence-electron chi connectivity index (χ2n) is 16.5. The smallest absolute Gasteiger partial charge is 0.462 e. The molecule has 15 heteroatoms. The van der Waals surface area contributed by atoms with Gasteiger partial charge in [-0.15, -0.1) is 0 Å². The molecule has 0 saturated carbocycles. The fraction of sp³-hybridized carbons (Fsp3) is 0.952. The predicted molar refractivity (Wildman–Crippen MR) is 230 cm³/mol. The third kappa shape index (κ3) is 39.0. The van der Waals surface area contributed by atoms with Crippen molar-refractivity contribution in [3.8, 4) is 0 Å². The van der Waals surface area contributed by atoms with E-state index in [1.165, 1.54) is 116 Å². The Hall–Kier alpha value is -0.880. The van der Waals surface area contributed by atoms with Crippen molar-refractivity contribution < 1.29 is 55.5 Å². The minimum Gasteiger partial charge on any atom is -0.462 e. The van der Waals surface area contributed by atoms with Gasteiger partial charge in [0.2, 0.25) is 0 Å². The quantitative estimate of drug-likeness (QED) is 0.0258. The number of phosphoric acid groups is 2. The van der Waals surface area contributed by atoms with Gasteiger partial charge in [0.25, 0.3) is 0 Å². The molecule has 13 nitrogen and oxygen atoms in total. The lowest BCUT2D eigenvalue weighted by Gasteiger charge is -2.25. The number of ether oxygens (including phenoxy) is 2. The fourth-order valence-electron chi connectivity index (χ4n) is 6.20. The van der Waals surface area contributed by atoms with Gasteiger partial charge in [-0.3, -0.25) is 23.2 Å². The number of carbonyl (C=O) groups excluding carboxylic acids is 2. The number of esters is 2. The Morgan fingerprint density at radius 2 is 0.965 bits per heavy atom. The second-order valence-corrected chi connectivity index (χ2v) is 19.8. The molecule has 0 aliphatic carbocycles. The van der Waals surface area contributed by atoms with Crippen LogP contribution in [0.3, 0.4) is 0 Å². The lowest BCUT2D eigenvalue weighted by atomic mass is 10.0. The van der Waals surface area contributed by atoms with Crippen LogP contribution in [-0.4, -0.2) is 88.1 Å². The van der Waals surface area contributed by atoms with Crippen molar-refractivity contribution in [2.24, 2.45) is 5.73 Å². The number of quaternary nitrogens is 1. The summed E-state index contributed by atoms with van der Waals surface area (Å²) in [5.74, 6) is -0.964. The lowest BCUT2D eigenvalue weighted by molar-refractivity contribution is -0.870. The molecule has 0 aromatic heterocycles. The summed E-state index contributed by atoms with van der Waals surface area (Å²) < 4.78 is 58.0. The highest BCUT2D eigenvalue weighted by molar-refractivity contribution is 7.61. The van der Waals surface area contributed by atoms with Crippen molar-refractivity contribution >= 4 is 27.6 Å². The molecule has 0 aromatic carbocycles. The van der Waals surface area contributed by atoms with Crippen molar-refractivity contribution in [1.82, 2.24) is 0 Å². The van der Waals surface area contributed by atoms with Gasteiger partial charge in [-0.05, 0) is 12.8 Å². The van der Waals surface area contributed by atoms with Crippen LogP contribution in [-0.2, 0) is 46.1 Å². The van der Waals surface area contributed by atoms with Gasteiger partial charge >= 0.3 is 27.6 Å². The molecule has 3 atom stereocenters. The van der Waals surface area contributed by atoms with Crippen molar-refractivity contribution in [3.05, 3.63) is 0 Å². The molecular weight excluding hydrogens is 770 g/mol. The third-order valence-electron chi connectivity index (χ3n) is 9.70. The first-order valence-corrected chi connectivity index (χ1v) is 25.6. The minimum absolute atomic E-state index is 0.0802. The van der Waals surface area contributed by atoms with Gasteiger partial charge < -0.3 is 24.6 Å². The lowest BCUT2D eigenvalue weighted by Crippen LogP contribution is -2.37. The van der Waals surface area contributed by atoms with Crippen LogP contribution < -0.4 is 5.73 Å². The highest BCUT2D eigenvalue weighted by atomic mass is 31.3. The Labute approximate surface area is 348 Å². The summed E-state index contributed by atoms with van der Waals surface area (Å²) in [4.78, 5) is 35.8. The van der Waals surface area contributed by atoms with Crippen LogP contribution in [0.2, 0.25) is 0 Å². The largest absolute Gasteiger partial charge is 0.483 e. The Kier molecular flexibility index (Phi) is 36.4. The minimum atomic E-state index is -4.89. The first-order valence-electron chi connectivity index (χ1n) is 22.7. The first kappa shape index (κ1) is 56.1. The van der Waals surface area contributed by atoms with Crippen molar-refractivity contribution in [2.45, 2.75) is 200 Å². The fourth-order valence-corrected chi connectivity index (χ4v) is 8.84. The van der Waals surface area contributed by atoms with E-state index < -0.39 is 40.3 Å². The van der Waals surface area contributed by atoms with E-state index in [2.05, 4.69) is 13.8 Å². The molecule has 0 amide bonds. The molecule has 0 spiro atoms. The Morgan fingerprint density at radius 1 is 0.561 bits per heavy atom. The molecule has 340 valence electrons. The monoisotopic (exact) mass is 858 g/mol. The van der Waals surface area contributed by atoms with E-state index in [0.29, 0.717) is 23.9 Å². The Balaban J connectivity index is 4.92. The van der Waals surface area contributed by atoms with Gasteiger partial charge in [-0.2, -0.15) is 4.31 Å². The maximum Gasteiger partial charge on any atom is 0.483 e. The van der Waals surface area contributed by atoms with Gasteiger partial charge in [-0.1, -0.05) is 168 Å². The predicted octanol–water partition coefficient (Wildman–Crippen LogP) is 11.3. The molecule has 0 rings (SSSR count). The van der Waals surface area contributed by atoms with Crippen molar-refractivity contribution in [2.75, 3.05) is 60.7 Å². The summed E-state index contributed by atoms with van der Waals surface area (Å²) in [6.07, 6.45) is 30.1. The number of nitrogens with zero attached hydrogens (tertiary/aromatic N) is 1. The number of carbonyl (C=O) groups is 2. The second kappa shape index (κ2) is 36.9. The van der Waals surface area contributed by atoms with Crippen LogP contribution in [0.1, 0.15) is 194 Å². The molecule has 3 N–H and O–H groups in total. The Morgan fingerprint density at radius 3 is 1.37 bits per heavy atom. The number of hydrogen-bond donors (Lipinski definition) is 2. The molecule has 0 aliphatic rings. The molecule has 0 aliphatic heterocycles. The van der Waals surface area contributed by atoms with E-state index in [1.54, 1.807) is 0 Å². The molecule has 0 fully saturated rings. The number of hydrogen-bond acceptors (Lipinski definition) is 11. The van der Waals surface area contributed by atoms with Crippen LogP contribution >= 0.6 is 15.6 Å². The first-order chi connectivity index (χ1) is 27.3. The molecule has 0 heterocycles. The summed E-state index contributed by atoms with van der Waals surface area (Å²) >= 11 is 0. The maximum absolute atomic E-state index is 13.4. The molecule has 2 unspecified atom stereocenters. The zero-order valence-electron chi connectivity index (χ0n) is 37.1. The summed E-state index contributed by atoms with van der Waals surface area (Å²) in [6.45, 7) is 3.35. The van der Waals surface area contributed by atoms with Crippen LogP contribution in [0.5, 0.6) is 0 Å². The van der Waals surface area contributed by atoms with E-state index in [4.69, 9.17) is 33.1 Å². The topological polar surface area (TPSA) is 170 Å². The summed E-state index contributed by atoms with van der Waals surface area (Å²) in [6, 6.07) is 0. The highest BCUT2D eigenvalue weighted by Gasteiger charge is 2.39. The van der Waals surface area contributed by atoms with E-state index in [1.807, 2.05) is 21.1 Å². The van der Waals surface area contributed by atoms with E-state index in [9.17, 15) is 23.6 Å². The number of nitrogens with two attached hydrogens (primary N) is 1. The van der Waals surface area contributed by atoms with Crippen molar-refractivity contribution in [1.29, 1.82) is 0 Å². The number of unbranched alkanes of at least 4 members (excludes halogenated alkanes) is 24. The zero-order valence-corrected chi connectivity index (χ0v) is 38.9. The average Bonchev–Trinajstić information content (AvgIpc) is 3.14. The van der Waals surface area contributed by atoms with Gasteiger partial charge in [0.1, 0.15) is 19.8 Å². The van der Waals surface area contributed by atoms with Crippen LogP contribution in [0.25, 0.3) is 0 Å². The maximum atomic E-state index is 13.4. The normalized spacial score (nSPS) is 14.6. The summed E-state index contributed by atoms with van der Waals surface area (Å²) in [5, 5.41) is 0. The molecular formula is C42H87N2O11P2+. The molecule has 0 aromatic rings. The van der Waals surface area contributed by atoms with Gasteiger partial charge in [0.05, 0.1) is 34.4 Å². The SMILES string of the molecule is CCCCCCCCCCCCCCCC(=O)OC[C@H](COP(=O)(OCCN)OP(=O)(O)OCC[N+](C)(C)C)OC(=O)CCCCCCCCCCCCCCC. The number of phosphoric ester groups is 2. The standard InChI is InChI=1S/C42H86N2O11P2/c1-6-8-10-12-14-16-18-20-22-24-26-28-30-32-41(45)50-38-40(54-42(46)33-31-29-27-25-23-21-19-17-15-13-11-9-7-2)39-53-57(49,52-36-34-43)55-56(47,48)51-37-35-44(3,4)5/h40H,6-39,43H2,1-5H3/p+1/t40-,57?/m1/s1. The molecule has 0 radical (unpaired) electrons. The molecule has 0 bridgehead atoms. The van der Waals surface area contributed by atoms with Gasteiger partial charge in [-0.25, -0.2) is 9.13 Å². The van der Waals surface area contributed by atoms with Crippen molar-refractivity contribution in [3.63, 3.8) is 0 Å². The number of rotatable bonds is 43. The Bertz CT molecular complexity index is 1060. The van der Waals surface area contributed by atoms with Crippen LogP contribution in [0, 0.1) is 0 Å². The summed E-state index contributed by atoms with van der Waals surface area (Å²) in [7, 11) is -4.00. The van der Waals surface area contributed by atoms with E-state index >= 15 is 0 Å². The third-order valence-corrected chi connectivity index (χ3v) is 12.8. The summed E-state index contributed by atoms with van der Waals surface area (Å²) in [5.41, 5.74) is 5.51. The van der Waals surface area contributed by atoms with Crippen LogP contribution in [0.4, 0.5) is 0 Å². The van der Waals surface area contributed by atoms with Gasteiger partial charge in [0.15, 0.2) is 6.10 Å². The molecule has 0 saturated heterocycles. The molecule has 57 heavy (non-hydrogen) atoms. The zero-order chi connectivity index (χ0) is 42.5.